The van der Waals surface area contributed by atoms with E-state index in [0.717, 1.165) is 19.3 Å². The summed E-state index contributed by atoms with van der Waals surface area (Å²) in [6.45, 7) is 7.96. The Morgan fingerprint density at radius 2 is 1.83 bits per heavy atom. The van der Waals surface area contributed by atoms with Gasteiger partial charge in [0.2, 0.25) is 0 Å². The molecule has 0 aliphatic carbocycles. The summed E-state index contributed by atoms with van der Waals surface area (Å²) in [7, 11) is 0. The molecule has 0 bridgehead atoms. The molecule has 0 amide bonds. The maximum atomic E-state index is 9.21. The van der Waals surface area contributed by atoms with Crippen molar-refractivity contribution < 1.29 is 9.84 Å². The first-order valence-electron chi connectivity index (χ1n) is 4.95. The third-order valence-electron chi connectivity index (χ3n) is 2.15. The first-order chi connectivity index (χ1) is 5.61. The van der Waals surface area contributed by atoms with Crippen molar-refractivity contribution in [1.82, 2.24) is 0 Å². The highest BCUT2D eigenvalue weighted by atomic mass is 16.5. The van der Waals surface area contributed by atoms with Crippen LogP contribution in [0.2, 0.25) is 0 Å². The molecule has 0 fully saturated rings. The van der Waals surface area contributed by atoms with Gasteiger partial charge < -0.3 is 9.84 Å². The lowest BCUT2D eigenvalue weighted by atomic mass is 10.1. The molecule has 12 heavy (non-hydrogen) atoms. The van der Waals surface area contributed by atoms with Gasteiger partial charge in [-0.15, -0.1) is 0 Å². The van der Waals surface area contributed by atoms with Crippen LogP contribution >= 0.6 is 0 Å². The van der Waals surface area contributed by atoms with Crippen molar-refractivity contribution in [2.45, 2.75) is 65.3 Å². The Morgan fingerprint density at radius 3 is 2.17 bits per heavy atom. The van der Waals surface area contributed by atoms with Gasteiger partial charge >= 0.3 is 0 Å². The molecule has 2 heteroatoms. The molecule has 0 aliphatic rings. The molecule has 0 spiro atoms. The molecule has 0 radical (unpaired) electrons. The fourth-order valence-electron chi connectivity index (χ4n) is 1.11. The summed E-state index contributed by atoms with van der Waals surface area (Å²) in [5.41, 5.74) is 0. The smallest absolute Gasteiger partial charge is 0.0806 e. The van der Waals surface area contributed by atoms with Crippen LogP contribution in [-0.2, 0) is 4.74 Å². The van der Waals surface area contributed by atoms with E-state index in [1.807, 2.05) is 6.92 Å². The van der Waals surface area contributed by atoms with E-state index in [1.165, 1.54) is 0 Å². The highest BCUT2D eigenvalue weighted by Crippen LogP contribution is 2.10. The van der Waals surface area contributed by atoms with E-state index < -0.39 is 0 Å². The predicted molar refractivity (Wildman–Crippen MR) is 51.2 cm³/mol. The Bertz CT molecular complexity index is 102. The Morgan fingerprint density at radius 1 is 1.25 bits per heavy atom. The van der Waals surface area contributed by atoms with Crippen LogP contribution in [0.15, 0.2) is 0 Å². The van der Waals surface area contributed by atoms with Crippen molar-refractivity contribution in [2.75, 3.05) is 0 Å². The van der Waals surface area contributed by atoms with Crippen molar-refractivity contribution in [3.8, 4) is 0 Å². The van der Waals surface area contributed by atoms with Crippen molar-refractivity contribution >= 4 is 0 Å². The van der Waals surface area contributed by atoms with Gasteiger partial charge in [-0.1, -0.05) is 20.3 Å². The Kier molecular flexibility index (Phi) is 6.39. The Labute approximate surface area is 75.9 Å². The van der Waals surface area contributed by atoms with Crippen LogP contribution < -0.4 is 0 Å². The number of aliphatic hydroxyl groups is 1. The number of aliphatic hydroxyl groups excluding tert-OH is 1. The molecule has 0 heterocycles. The average molecular weight is 174 g/mol. The Balaban J connectivity index is 3.68. The first-order valence-corrected chi connectivity index (χ1v) is 4.95. The molecule has 1 N–H and O–H groups in total. The molecule has 0 aromatic carbocycles. The number of ether oxygens (including phenoxy) is 1. The van der Waals surface area contributed by atoms with E-state index >= 15 is 0 Å². The van der Waals surface area contributed by atoms with Gasteiger partial charge in [0.1, 0.15) is 0 Å². The minimum absolute atomic E-state index is 0.0403. The molecular weight excluding hydrogens is 152 g/mol. The van der Waals surface area contributed by atoms with Crippen molar-refractivity contribution in [3.63, 3.8) is 0 Å². The molecule has 0 saturated heterocycles. The maximum absolute atomic E-state index is 9.21. The van der Waals surface area contributed by atoms with Gasteiger partial charge in [-0.05, 0) is 26.7 Å². The third kappa shape index (κ3) is 4.73. The molecular formula is C10H22O2. The monoisotopic (exact) mass is 174 g/mol. The second-order valence-corrected chi connectivity index (χ2v) is 3.40. The van der Waals surface area contributed by atoms with Gasteiger partial charge in [-0.3, -0.25) is 0 Å². The summed E-state index contributed by atoms with van der Waals surface area (Å²) in [5, 5.41) is 9.21. The average Bonchev–Trinajstić information content (AvgIpc) is 2.03. The van der Waals surface area contributed by atoms with Crippen molar-refractivity contribution in [3.05, 3.63) is 0 Å². The highest BCUT2D eigenvalue weighted by molar-refractivity contribution is 4.62. The number of rotatable bonds is 6. The normalized spacial score (nSPS) is 18.8. The highest BCUT2D eigenvalue weighted by Gasteiger charge is 2.14. The molecule has 3 atom stereocenters. The molecule has 0 aromatic heterocycles. The van der Waals surface area contributed by atoms with Crippen LogP contribution in [0, 0.1) is 0 Å². The standard InChI is InChI=1S/C10H22O2/c1-5-7-10(6-2)12-9(4)8(3)11/h8-11H,5-7H2,1-4H3. The summed E-state index contributed by atoms with van der Waals surface area (Å²) < 4.78 is 5.65. The van der Waals surface area contributed by atoms with E-state index in [2.05, 4.69) is 13.8 Å². The van der Waals surface area contributed by atoms with Crippen LogP contribution in [0.25, 0.3) is 0 Å². The number of hydrogen-bond acceptors (Lipinski definition) is 2. The van der Waals surface area contributed by atoms with E-state index in [4.69, 9.17) is 4.74 Å². The van der Waals surface area contributed by atoms with E-state index in [1.54, 1.807) is 6.92 Å². The molecule has 0 aromatic rings. The summed E-state index contributed by atoms with van der Waals surface area (Å²) in [4.78, 5) is 0. The lowest BCUT2D eigenvalue weighted by Gasteiger charge is -2.22. The topological polar surface area (TPSA) is 29.5 Å². The fraction of sp³-hybridized carbons (Fsp3) is 1.00. The summed E-state index contributed by atoms with van der Waals surface area (Å²) >= 11 is 0. The second-order valence-electron chi connectivity index (χ2n) is 3.40. The quantitative estimate of drug-likeness (QED) is 0.669. The van der Waals surface area contributed by atoms with E-state index in [-0.39, 0.29) is 12.2 Å². The van der Waals surface area contributed by atoms with Gasteiger partial charge in [0.05, 0.1) is 18.3 Å². The van der Waals surface area contributed by atoms with Crippen LogP contribution in [0.5, 0.6) is 0 Å². The second kappa shape index (κ2) is 6.44. The van der Waals surface area contributed by atoms with Gasteiger partial charge in [0.15, 0.2) is 0 Å². The maximum Gasteiger partial charge on any atom is 0.0806 e. The number of hydrogen-bond donors (Lipinski definition) is 1. The lowest BCUT2D eigenvalue weighted by molar-refractivity contribution is -0.0648. The molecule has 74 valence electrons. The first kappa shape index (κ1) is 11.9. The Hall–Kier alpha value is -0.0800. The molecule has 2 nitrogen and oxygen atoms in total. The van der Waals surface area contributed by atoms with Crippen LogP contribution in [0.4, 0.5) is 0 Å². The van der Waals surface area contributed by atoms with Crippen molar-refractivity contribution in [1.29, 1.82) is 0 Å². The molecule has 0 rings (SSSR count). The van der Waals surface area contributed by atoms with Gasteiger partial charge in [0.25, 0.3) is 0 Å². The largest absolute Gasteiger partial charge is 0.391 e. The summed E-state index contributed by atoms with van der Waals surface area (Å²) in [6.07, 6.45) is 3.18. The van der Waals surface area contributed by atoms with E-state index in [9.17, 15) is 5.11 Å². The third-order valence-corrected chi connectivity index (χ3v) is 2.15. The molecule has 0 aliphatic heterocycles. The van der Waals surface area contributed by atoms with Gasteiger partial charge in [-0.25, -0.2) is 0 Å². The summed E-state index contributed by atoms with van der Waals surface area (Å²) in [5.74, 6) is 0. The predicted octanol–water partition coefficient (Wildman–Crippen LogP) is 2.35. The minimum atomic E-state index is -0.365. The lowest BCUT2D eigenvalue weighted by Crippen LogP contribution is -2.28. The fourth-order valence-corrected chi connectivity index (χ4v) is 1.11. The van der Waals surface area contributed by atoms with Crippen LogP contribution in [-0.4, -0.2) is 23.4 Å². The molecule has 0 saturated carbocycles. The van der Waals surface area contributed by atoms with Gasteiger partial charge in [-0.2, -0.15) is 0 Å². The SMILES string of the molecule is CCCC(CC)OC(C)C(C)O. The zero-order chi connectivity index (χ0) is 9.56. The van der Waals surface area contributed by atoms with Crippen LogP contribution in [0.3, 0.4) is 0 Å². The van der Waals surface area contributed by atoms with Crippen molar-refractivity contribution in [2.24, 2.45) is 0 Å². The molecule has 3 unspecified atom stereocenters. The summed E-state index contributed by atoms with van der Waals surface area (Å²) in [6, 6.07) is 0. The van der Waals surface area contributed by atoms with Gasteiger partial charge in [0, 0.05) is 0 Å². The zero-order valence-corrected chi connectivity index (χ0v) is 8.71. The van der Waals surface area contributed by atoms with E-state index in [0.29, 0.717) is 6.10 Å². The van der Waals surface area contributed by atoms with Crippen LogP contribution in [0.1, 0.15) is 47.0 Å². The zero-order valence-electron chi connectivity index (χ0n) is 8.71. The minimum Gasteiger partial charge on any atom is -0.391 e.